The second kappa shape index (κ2) is 9.62. The Hall–Kier alpha value is -4.03. The number of hydrogen-bond acceptors (Lipinski definition) is 11. The summed E-state index contributed by atoms with van der Waals surface area (Å²) in [5.41, 5.74) is 1.22. The molecule has 12 nitrogen and oxygen atoms in total. The maximum Gasteiger partial charge on any atom is 0.306 e. The fraction of sp³-hybridized carbons (Fsp3) is 0.444. The van der Waals surface area contributed by atoms with Gasteiger partial charge in [0.15, 0.2) is 11.4 Å². The van der Waals surface area contributed by atoms with E-state index in [4.69, 9.17) is 10.5 Å². The zero-order chi connectivity index (χ0) is 29.1. The van der Waals surface area contributed by atoms with Crippen molar-refractivity contribution in [2.24, 2.45) is 17.6 Å². The number of phenolic OH excluding ortho intramolecular Hbond substituents is 1. The van der Waals surface area contributed by atoms with Crippen LogP contribution in [0.2, 0.25) is 0 Å². The smallest absolute Gasteiger partial charge is 0.306 e. The molecular formula is C27H30N2O10. The molecule has 0 aliphatic heterocycles. The van der Waals surface area contributed by atoms with E-state index in [1.54, 1.807) is 13.0 Å². The number of nitrogens with two attached hydrogens (primary N) is 1. The molecule has 1 fully saturated rings. The highest BCUT2D eigenvalue weighted by Gasteiger charge is 2.69. The second-order valence-electron chi connectivity index (χ2n) is 10.5. The minimum Gasteiger partial charge on any atom is -0.508 e. The molecule has 6 N–H and O–H groups in total. The number of carbonyl (C=O) groups is 5. The number of aliphatic hydroxyl groups is 3. The van der Waals surface area contributed by atoms with E-state index in [2.05, 4.69) is 0 Å². The molecule has 1 aromatic rings. The molecule has 4 rings (SSSR count). The van der Waals surface area contributed by atoms with Crippen molar-refractivity contribution in [3.63, 3.8) is 0 Å². The van der Waals surface area contributed by atoms with Crippen molar-refractivity contribution in [2.75, 3.05) is 14.1 Å². The minimum absolute atomic E-state index is 0.0806. The van der Waals surface area contributed by atoms with E-state index in [0.717, 1.165) is 0 Å². The highest BCUT2D eigenvalue weighted by molar-refractivity contribution is 6.24. The van der Waals surface area contributed by atoms with Gasteiger partial charge in [-0.1, -0.05) is 19.1 Å². The molecule has 0 spiro atoms. The van der Waals surface area contributed by atoms with Gasteiger partial charge in [-0.2, -0.15) is 0 Å². The number of nitrogens with zero attached hydrogens (tertiary/aromatic N) is 1. The lowest BCUT2D eigenvalue weighted by molar-refractivity contribution is -0.185. The molecule has 1 amide bonds. The summed E-state index contributed by atoms with van der Waals surface area (Å²) >= 11 is 0. The molecule has 3 aliphatic rings. The van der Waals surface area contributed by atoms with E-state index in [1.807, 2.05) is 0 Å². The number of amides is 1. The SMILES string of the molecule is CC(=O)CCC(=O)O[C@@H]1[C@@H]2C(=C(O)c3c(O)cccc3[C@H]2C)C(=O)[C@@]2(O)C(O)=C(C(N)=O)C(=O)[C@H](N(C)C)[C@@H]12. The Bertz CT molecular complexity index is 1380. The maximum absolute atomic E-state index is 14.1. The number of likely N-dealkylation sites (N-methyl/N-ethyl adjacent to an activating group) is 1. The van der Waals surface area contributed by atoms with Gasteiger partial charge in [0.2, 0.25) is 5.78 Å². The summed E-state index contributed by atoms with van der Waals surface area (Å²) in [6, 6.07) is 2.95. The van der Waals surface area contributed by atoms with Gasteiger partial charge in [-0.3, -0.25) is 24.1 Å². The van der Waals surface area contributed by atoms with Crippen molar-refractivity contribution >= 4 is 35.0 Å². The summed E-state index contributed by atoms with van der Waals surface area (Å²) in [6.45, 7) is 2.94. The molecule has 0 bridgehead atoms. The molecule has 12 heteroatoms. The molecule has 1 aromatic carbocycles. The number of aliphatic hydroxyl groups excluding tert-OH is 2. The van der Waals surface area contributed by atoms with Crippen LogP contribution in [0.1, 0.15) is 43.7 Å². The number of benzene rings is 1. The van der Waals surface area contributed by atoms with Gasteiger partial charge in [0.1, 0.15) is 34.7 Å². The van der Waals surface area contributed by atoms with E-state index >= 15 is 0 Å². The molecule has 0 saturated heterocycles. The molecule has 0 heterocycles. The summed E-state index contributed by atoms with van der Waals surface area (Å²) in [5.74, 6) is -10.7. The highest BCUT2D eigenvalue weighted by Crippen LogP contribution is 2.56. The van der Waals surface area contributed by atoms with Crippen LogP contribution in [0.3, 0.4) is 0 Å². The van der Waals surface area contributed by atoms with Crippen LogP contribution in [0, 0.1) is 11.8 Å². The van der Waals surface area contributed by atoms with E-state index in [9.17, 15) is 44.4 Å². The quantitative estimate of drug-likeness (QED) is 0.246. The van der Waals surface area contributed by atoms with E-state index in [1.165, 1.54) is 38.1 Å². The lowest BCUT2D eigenvalue weighted by Gasteiger charge is -2.54. The summed E-state index contributed by atoms with van der Waals surface area (Å²) in [7, 11) is 2.87. The number of aromatic hydroxyl groups is 1. The lowest BCUT2D eigenvalue weighted by atomic mass is 9.54. The van der Waals surface area contributed by atoms with Gasteiger partial charge in [0.05, 0.1) is 23.9 Å². The summed E-state index contributed by atoms with van der Waals surface area (Å²) in [6.07, 6.45) is -2.01. The molecule has 0 aromatic heterocycles. The van der Waals surface area contributed by atoms with E-state index in [-0.39, 0.29) is 29.9 Å². The van der Waals surface area contributed by atoms with Crippen molar-refractivity contribution in [3.05, 3.63) is 46.2 Å². The first-order chi connectivity index (χ1) is 18.2. The molecule has 0 radical (unpaired) electrons. The highest BCUT2D eigenvalue weighted by atomic mass is 16.5. The second-order valence-corrected chi connectivity index (χ2v) is 10.5. The predicted molar refractivity (Wildman–Crippen MR) is 134 cm³/mol. The van der Waals surface area contributed by atoms with Crippen molar-refractivity contribution < 1.29 is 49.1 Å². The number of Topliss-reactive ketones (excluding diaryl/α,β-unsaturated/α-hetero) is 3. The number of phenols is 1. The van der Waals surface area contributed by atoms with Crippen LogP contribution >= 0.6 is 0 Å². The molecular weight excluding hydrogens is 512 g/mol. The molecule has 0 unspecified atom stereocenters. The van der Waals surface area contributed by atoms with Crippen molar-refractivity contribution in [3.8, 4) is 5.75 Å². The van der Waals surface area contributed by atoms with Crippen LogP contribution in [0.4, 0.5) is 0 Å². The van der Waals surface area contributed by atoms with Crippen LogP contribution in [0.15, 0.2) is 35.1 Å². The molecule has 39 heavy (non-hydrogen) atoms. The van der Waals surface area contributed by atoms with Crippen LogP contribution in [0.25, 0.3) is 5.76 Å². The topological polar surface area (TPSA) is 205 Å². The Labute approximate surface area is 223 Å². The third kappa shape index (κ3) is 4.02. The monoisotopic (exact) mass is 542 g/mol. The Morgan fingerprint density at radius 1 is 1.10 bits per heavy atom. The number of rotatable bonds is 6. The van der Waals surface area contributed by atoms with Gasteiger partial charge >= 0.3 is 5.97 Å². The Morgan fingerprint density at radius 2 is 1.74 bits per heavy atom. The first-order valence-corrected chi connectivity index (χ1v) is 12.3. The number of ketones is 3. The van der Waals surface area contributed by atoms with Crippen molar-refractivity contribution in [1.29, 1.82) is 0 Å². The molecule has 6 atom stereocenters. The lowest BCUT2D eigenvalue weighted by Crippen LogP contribution is -2.71. The standard InChI is InChI=1S/C27H30N2O10/c1-10(30)8-9-14(32)39-23-15-11(2)12-6-5-7-13(31)16(12)21(33)17(15)24(35)27(38)19(23)20(29(3)4)22(34)18(25(27)36)26(28)37/h5-7,11,15,19-20,23,31,33,36,38H,8-9H2,1-4H3,(H2,28,37)/t11-,15+,19+,20-,23-,27-/m1/s1. The zero-order valence-electron chi connectivity index (χ0n) is 21.8. The Morgan fingerprint density at radius 3 is 2.31 bits per heavy atom. The van der Waals surface area contributed by atoms with E-state index in [0.29, 0.717) is 5.56 Å². The first kappa shape index (κ1) is 28.0. The van der Waals surface area contributed by atoms with Crippen LogP contribution in [-0.2, 0) is 28.7 Å². The fourth-order valence-corrected chi connectivity index (χ4v) is 6.18. The zero-order valence-corrected chi connectivity index (χ0v) is 21.8. The number of primary amides is 1. The largest absolute Gasteiger partial charge is 0.508 e. The van der Waals surface area contributed by atoms with Gasteiger partial charge in [0, 0.05) is 17.9 Å². The third-order valence-electron chi connectivity index (χ3n) is 7.91. The minimum atomic E-state index is -3.01. The van der Waals surface area contributed by atoms with Gasteiger partial charge < -0.3 is 35.7 Å². The number of ether oxygens (including phenoxy) is 1. The normalized spacial score (nSPS) is 30.1. The number of hydrogen-bond donors (Lipinski definition) is 5. The number of carbonyl (C=O) groups excluding carboxylic acids is 5. The number of esters is 1. The van der Waals surface area contributed by atoms with E-state index < -0.39 is 81.6 Å². The maximum atomic E-state index is 14.1. The average Bonchev–Trinajstić information content (AvgIpc) is 2.84. The van der Waals surface area contributed by atoms with Crippen LogP contribution in [0.5, 0.6) is 5.75 Å². The van der Waals surface area contributed by atoms with Crippen molar-refractivity contribution in [2.45, 2.75) is 50.4 Å². The molecule has 208 valence electrons. The molecule has 3 aliphatic carbocycles. The van der Waals surface area contributed by atoms with Crippen LogP contribution in [-0.4, -0.2) is 86.4 Å². The van der Waals surface area contributed by atoms with Gasteiger partial charge in [-0.15, -0.1) is 0 Å². The predicted octanol–water partition coefficient (Wildman–Crippen LogP) is 0.416. The van der Waals surface area contributed by atoms with Gasteiger partial charge in [-0.25, -0.2) is 0 Å². The van der Waals surface area contributed by atoms with Gasteiger partial charge in [-0.05, 0) is 38.6 Å². The summed E-state index contributed by atoms with van der Waals surface area (Å²) < 4.78 is 5.79. The van der Waals surface area contributed by atoms with Crippen LogP contribution < -0.4 is 5.73 Å². The Balaban J connectivity index is 2.05. The first-order valence-electron chi connectivity index (χ1n) is 12.3. The summed E-state index contributed by atoms with van der Waals surface area (Å²) in [5, 5.41) is 44.8. The Kier molecular flexibility index (Phi) is 6.90. The average molecular weight is 543 g/mol. The van der Waals surface area contributed by atoms with Crippen molar-refractivity contribution in [1.82, 2.24) is 4.90 Å². The third-order valence-corrected chi connectivity index (χ3v) is 7.91. The number of fused-ring (bicyclic) bond motifs is 3. The fourth-order valence-electron chi connectivity index (χ4n) is 6.18. The summed E-state index contributed by atoms with van der Waals surface area (Å²) in [4.78, 5) is 65.5. The molecule has 1 saturated carbocycles. The van der Waals surface area contributed by atoms with Gasteiger partial charge in [0.25, 0.3) is 5.91 Å².